The average molecular weight is 481 g/mol. The first-order valence-corrected chi connectivity index (χ1v) is 12.9. The molecule has 2 heterocycles. The second-order valence-corrected chi connectivity index (χ2v) is 13.4. The standard InChI is InChI=1S/C26H48N4O4/c1-23(2)13-17(14-24(3,4)27-23)29(9-11-31)19-21(33)20(22(19)34)30(10-12-32)18-15-25(5,6)28-26(7,8)16-18/h17-19,21,27-28,31-32H,9-16H2,1-8H3. The van der Waals surface area contributed by atoms with Gasteiger partial charge in [-0.1, -0.05) is 0 Å². The first kappa shape index (κ1) is 27.7. The summed E-state index contributed by atoms with van der Waals surface area (Å²) in [6, 6.07) is -0.716. The number of rotatable bonds is 7. The SMILES string of the molecule is CC1(C)CC(N(CCO)C2C(=O)C(=[N+](CCO)C3CC(C)(C)NC(C)(C)C3)C2[O-])CC(C)(C)N1. The van der Waals surface area contributed by atoms with Gasteiger partial charge in [0.1, 0.15) is 6.61 Å². The van der Waals surface area contributed by atoms with Crippen LogP contribution in [0.2, 0.25) is 0 Å². The summed E-state index contributed by atoms with van der Waals surface area (Å²) in [6.45, 7) is 17.6. The number of Topliss-reactive ketones (excluding diaryl/α,β-unsaturated/α-hetero) is 1. The lowest BCUT2D eigenvalue weighted by Crippen LogP contribution is -2.76. The fourth-order valence-electron chi connectivity index (χ4n) is 7.38. The summed E-state index contributed by atoms with van der Waals surface area (Å²) in [5, 5.41) is 40.6. The monoisotopic (exact) mass is 480 g/mol. The van der Waals surface area contributed by atoms with Crippen molar-refractivity contribution >= 4 is 11.5 Å². The molecule has 196 valence electrons. The smallest absolute Gasteiger partial charge is 0.236 e. The fourth-order valence-corrected chi connectivity index (χ4v) is 7.38. The highest BCUT2D eigenvalue weighted by atomic mass is 16.3. The van der Waals surface area contributed by atoms with Gasteiger partial charge in [0.15, 0.2) is 12.6 Å². The Kier molecular flexibility index (Phi) is 7.75. The lowest BCUT2D eigenvalue weighted by Gasteiger charge is -2.54. The molecule has 8 nitrogen and oxygen atoms in total. The number of hydrogen-bond acceptors (Lipinski definition) is 7. The van der Waals surface area contributed by atoms with E-state index >= 15 is 0 Å². The number of aliphatic hydroxyl groups is 2. The van der Waals surface area contributed by atoms with E-state index in [2.05, 4.69) is 66.0 Å². The van der Waals surface area contributed by atoms with E-state index in [1.165, 1.54) is 0 Å². The first-order valence-electron chi connectivity index (χ1n) is 12.9. The molecule has 34 heavy (non-hydrogen) atoms. The van der Waals surface area contributed by atoms with Crippen molar-refractivity contribution in [3.05, 3.63) is 0 Å². The van der Waals surface area contributed by atoms with Gasteiger partial charge in [0.25, 0.3) is 0 Å². The van der Waals surface area contributed by atoms with Crippen molar-refractivity contribution in [2.24, 2.45) is 0 Å². The minimum Gasteiger partial charge on any atom is -0.843 e. The van der Waals surface area contributed by atoms with E-state index in [4.69, 9.17) is 0 Å². The largest absolute Gasteiger partial charge is 0.843 e. The lowest BCUT2D eigenvalue weighted by atomic mass is 9.75. The normalized spacial score (nSPS) is 32.5. The number of carbonyl (C=O) groups is 1. The Morgan fingerprint density at radius 2 is 1.35 bits per heavy atom. The molecule has 0 amide bonds. The van der Waals surface area contributed by atoms with Crippen LogP contribution in [0.15, 0.2) is 0 Å². The Bertz CT molecular complexity index is 773. The molecule has 1 aliphatic carbocycles. The summed E-state index contributed by atoms with van der Waals surface area (Å²) >= 11 is 0. The Morgan fingerprint density at radius 1 is 0.882 bits per heavy atom. The highest BCUT2D eigenvalue weighted by Gasteiger charge is 2.54. The molecule has 1 saturated carbocycles. The molecule has 3 aliphatic rings. The molecular weight excluding hydrogens is 432 g/mol. The molecule has 0 bridgehead atoms. The summed E-state index contributed by atoms with van der Waals surface area (Å²) in [5.74, 6) is -0.134. The predicted molar refractivity (Wildman–Crippen MR) is 132 cm³/mol. The lowest BCUT2D eigenvalue weighted by molar-refractivity contribution is -0.585. The molecular formula is C26H48N4O4. The summed E-state index contributed by atoms with van der Waals surface area (Å²) < 4.78 is 1.91. The number of nitrogens with zero attached hydrogens (tertiary/aromatic N) is 2. The Morgan fingerprint density at radius 3 is 1.76 bits per heavy atom. The quantitative estimate of drug-likeness (QED) is 0.380. The molecule has 0 spiro atoms. The highest BCUT2D eigenvalue weighted by Crippen LogP contribution is 2.36. The molecule has 0 aromatic heterocycles. The second kappa shape index (κ2) is 9.52. The highest BCUT2D eigenvalue weighted by molar-refractivity contribution is 6.48. The van der Waals surface area contributed by atoms with Crippen molar-refractivity contribution in [1.29, 1.82) is 0 Å². The van der Waals surface area contributed by atoms with Crippen LogP contribution in [0.5, 0.6) is 0 Å². The van der Waals surface area contributed by atoms with Gasteiger partial charge in [-0.05, 0) is 74.3 Å². The van der Waals surface area contributed by atoms with Crippen LogP contribution in [-0.2, 0) is 4.79 Å². The van der Waals surface area contributed by atoms with Gasteiger partial charge in [-0.3, -0.25) is 9.69 Å². The summed E-state index contributed by atoms with van der Waals surface area (Å²) in [5.41, 5.74) is -0.228. The van der Waals surface area contributed by atoms with Gasteiger partial charge in [-0.25, -0.2) is 4.58 Å². The number of piperidine rings is 2. The van der Waals surface area contributed by atoms with E-state index in [1.807, 2.05) is 9.48 Å². The zero-order valence-electron chi connectivity index (χ0n) is 22.6. The average Bonchev–Trinajstić information content (AvgIpc) is 2.62. The molecule has 2 aliphatic heterocycles. The maximum atomic E-state index is 13.7. The Labute approximate surface area is 205 Å². The Hall–Kier alpha value is -0.900. The number of ketones is 1. The molecule has 2 atom stereocenters. The van der Waals surface area contributed by atoms with E-state index < -0.39 is 12.1 Å². The Balaban J connectivity index is 1.92. The second-order valence-electron chi connectivity index (χ2n) is 13.4. The van der Waals surface area contributed by atoms with E-state index in [0.29, 0.717) is 12.3 Å². The molecule has 0 aromatic rings. The van der Waals surface area contributed by atoms with Crippen molar-refractivity contribution in [2.45, 2.75) is 127 Å². The number of carbonyl (C=O) groups excluding carboxylic acids is 1. The van der Waals surface area contributed by atoms with Crippen molar-refractivity contribution in [1.82, 2.24) is 15.5 Å². The van der Waals surface area contributed by atoms with Crippen LogP contribution in [0.1, 0.15) is 81.1 Å². The predicted octanol–water partition coefficient (Wildman–Crippen LogP) is 0.0251. The van der Waals surface area contributed by atoms with Gasteiger partial charge in [0.05, 0.1) is 12.6 Å². The van der Waals surface area contributed by atoms with Crippen LogP contribution in [0.4, 0.5) is 0 Å². The van der Waals surface area contributed by atoms with Crippen molar-refractivity contribution in [2.75, 3.05) is 26.3 Å². The zero-order chi connectivity index (χ0) is 25.7. The first-order chi connectivity index (χ1) is 15.5. The van der Waals surface area contributed by atoms with Crippen LogP contribution in [0, 0.1) is 0 Å². The molecule has 2 saturated heterocycles. The minimum absolute atomic E-state index is 0.0118. The van der Waals surface area contributed by atoms with Gasteiger partial charge in [-0.15, -0.1) is 0 Å². The van der Waals surface area contributed by atoms with Crippen LogP contribution in [0.25, 0.3) is 0 Å². The molecule has 2 unspecified atom stereocenters. The van der Waals surface area contributed by atoms with Crippen molar-refractivity contribution < 1.29 is 24.7 Å². The van der Waals surface area contributed by atoms with Crippen LogP contribution < -0.4 is 15.7 Å². The van der Waals surface area contributed by atoms with Gasteiger partial charge in [0.2, 0.25) is 11.5 Å². The van der Waals surface area contributed by atoms with Crippen LogP contribution >= 0.6 is 0 Å². The van der Waals surface area contributed by atoms with E-state index in [1.54, 1.807) is 0 Å². The number of nitrogens with one attached hydrogen (secondary N) is 2. The third kappa shape index (κ3) is 5.90. The van der Waals surface area contributed by atoms with E-state index in [9.17, 15) is 20.1 Å². The number of hydrogen-bond donors (Lipinski definition) is 4. The molecule has 4 N–H and O–H groups in total. The zero-order valence-corrected chi connectivity index (χ0v) is 22.6. The van der Waals surface area contributed by atoms with Crippen LogP contribution in [0.3, 0.4) is 0 Å². The van der Waals surface area contributed by atoms with E-state index in [0.717, 1.165) is 25.7 Å². The maximum Gasteiger partial charge on any atom is 0.236 e. The van der Waals surface area contributed by atoms with Crippen molar-refractivity contribution in [3.63, 3.8) is 0 Å². The summed E-state index contributed by atoms with van der Waals surface area (Å²) in [7, 11) is 0. The number of aliphatic hydroxyl groups excluding tert-OH is 2. The van der Waals surface area contributed by atoms with Gasteiger partial charge in [-0.2, -0.15) is 0 Å². The molecule has 0 aromatic carbocycles. The third-order valence-electron chi connectivity index (χ3n) is 7.69. The summed E-state index contributed by atoms with van der Waals surface area (Å²) in [6.07, 6.45) is 2.02. The summed E-state index contributed by atoms with van der Waals surface area (Å²) in [4.78, 5) is 15.6. The van der Waals surface area contributed by atoms with E-state index in [-0.39, 0.29) is 59.8 Å². The molecule has 3 fully saturated rings. The van der Waals surface area contributed by atoms with Gasteiger partial charge >= 0.3 is 0 Å². The maximum absolute atomic E-state index is 13.7. The topological polar surface area (TPSA) is 111 Å². The third-order valence-corrected chi connectivity index (χ3v) is 7.69. The molecule has 8 heteroatoms. The molecule has 3 rings (SSSR count). The van der Waals surface area contributed by atoms with Gasteiger partial charge < -0.3 is 26.0 Å². The fraction of sp³-hybridized carbons (Fsp3) is 0.923. The van der Waals surface area contributed by atoms with Crippen molar-refractivity contribution in [3.8, 4) is 0 Å². The van der Waals surface area contributed by atoms with Crippen LogP contribution in [-0.4, -0.2) is 104 Å². The minimum atomic E-state index is -1.17. The van der Waals surface area contributed by atoms with Gasteiger partial charge in [0, 0.05) is 47.6 Å². The molecule has 0 radical (unpaired) electrons.